The van der Waals surface area contributed by atoms with Gasteiger partial charge in [0.25, 0.3) is 0 Å². The zero-order chi connectivity index (χ0) is 16.9. The van der Waals surface area contributed by atoms with Gasteiger partial charge in [-0.15, -0.1) is 0 Å². The lowest BCUT2D eigenvalue weighted by Crippen LogP contribution is -2.25. The minimum absolute atomic E-state index is 0.0884. The van der Waals surface area contributed by atoms with Gasteiger partial charge in [-0.25, -0.2) is 0 Å². The Labute approximate surface area is 141 Å². The molecule has 5 nitrogen and oxygen atoms in total. The number of pyridine rings is 1. The first-order chi connectivity index (χ1) is 11.6. The van der Waals surface area contributed by atoms with Crippen LogP contribution in [-0.4, -0.2) is 48.0 Å². The van der Waals surface area contributed by atoms with Crippen molar-refractivity contribution in [2.24, 2.45) is 0 Å². The Morgan fingerprint density at radius 2 is 2.08 bits per heavy atom. The Bertz CT molecular complexity index is 879. The van der Waals surface area contributed by atoms with Crippen LogP contribution in [0.4, 0.5) is 0 Å². The third kappa shape index (κ3) is 3.81. The summed E-state index contributed by atoms with van der Waals surface area (Å²) in [4.78, 5) is 21.7. The van der Waals surface area contributed by atoms with Crippen LogP contribution >= 0.6 is 0 Å². The molecule has 0 atom stereocenters. The quantitative estimate of drug-likeness (QED) is 0.542. The molecule has 3 aromatic rings. The Balaban J connectivity index is 1.68. The molecule has 3 rings (SSSR count). The van der Waals surface area contributed by atoms with E-state index in [-0.39, 0.29) is 5.91 Å². The van der Waals surface area contributed by atoms with E-state index in [1.807, 2.05) is 44.6 Å². The second kappa shape index (κ2) is 7.27. The van der Waals surface area contributed by atoms with E-state index in [4.69, 9.17) is 0 Å². The summed E-state index contributed by atoms with van der Waals surface area (Å²) in [6, 6.07) is 10.2. The van der Waals surface area contributed by atoms with Crippen molar-refractivity contribution in [1.29, 1.82) is 0 Å². The van der Waals surface area contributed by atoms with Gasteiger partial charge >= 0.3 is 0 Å². The van der Waals surface area contributed by atoms with Crippen molar-refractivity contribution in [2.75, 3.05) is 27.2 Å². The normalized spacial score (nSPS) is 11.8. The molecule has 2 N–H and O–H groups in total. The van der Waals surface area contributed by atoms with Gasteiger partial charge in [-0.3, -0.25) is 9.78 Å². The molecular formula is C19H22N4O. The number of carbonyl (C=O) groups excluding carboxylic acids is 1. The second-order valence-electron chi connectivity index (χ2n) is 6.11. The third-order valence-electron chi connectivity index (χ3n) is 3.90. The van der Waals surface area contributed by atoms with E-state index in [0.717, 1.165) is 40.5 Å². The van der Waals surface area contributed by atoms with E-state index in [1.165, 1.54) is 0 Å². The van der Waals surface area contributed by atoms with Gasteiger partial charge < -0.3 is 15.2 Å². The Kier molecular flexibility index (Phi) is 4.91. The van der Waals surface area contributed by atoms with Crippen LogP contribution in [0.3, 0.4) is 0 Å². The van der Waals surface area contributed by atoms with Crippen molar-refractivity contribution >= 4 is 33.8 Å². The molecule has 0 fully saturated rings. The van der Waals surface area contributed by atoms with Crippen LogP contribution in [0.5, 0.6) is 0 Å². The molecule has 0 saturated heterocycles. The van der Waals surface area contributed by atoms with E-state index < -0.39 is 0 Å². The summed E-state index contributed by atoms with van der Waals surface area (Å²) in [7, 11) is 4.04. The molecule has 0 aliphatic carbocycles. The molecule has 1 amide bonds. The Morgan fingerprint density at radius 3 is 2.92 bits per heavy atom. The first kappa shape index (κ1) is 16.2. The number of hydrogen-bond acceptors (Lipinski definition) is 3. The summed E-state index contributed by atoms with van der Waals surface area (Å²) in [5.41, 5.74) is 2.87. The number of carbonyl (C=O) groups is 1. The number of aromatic amines is 1. The third-order valence-corrected chi connectivity index (χ3v) is 3.90. The van der Waals surface area contributed by atoms with Gasteiger partial charge in [0.15, 0.2) is 0 Å². The number of nitrogens with zero attached hydrogens (tertiary/aromatic N) is 2. The average Bonchev–Trinajstić information content (AvgIpc) is 2.94. The highest BCUT2D eigenvalue weighted by atomic mass is 16.1. The minimum atomic E-state index is -0.0884. The molecule has 5 heteroatoms. The number of amides is 1. The van der Waals surface area contributed by atoms with Crippen LogP contribution in [0.15, 0.2) is 42.6 Å². The molecule has 0 bridgehead atoms. The predicted molar refractivity (Wildman–Crippen MR) is 98.8 cm³/mol. The Morgan fingerprint density at radius 1 is 1.25 bits per heavy atom. The number of H-pyrrole nitrogens is 1. The molecule has 0 unspecified atom stereocenters. The number of fused-ring (bicyclic) bond motifs is 3. The average molecular weight is 322 g/mol. The van der Waals surface area contributed by atoms with Crippen molar-refractivity contribution in [3.63, 3.8) is 0 Å². The summed E-state index contributed by atoms with van der Waals surface area (Å²) < 4.78 is 0. The molecule has 0 saturated carbocycles. The van der Waals surface area contributed by atoms with Crippen LogP contribution in [0, 0.1) is 0 Å². The van der Waals surface area contributed by atoms with Gasteiger partial charge in [0.1, 0.15) is 0 Å². The van der Waals surface area contributed by atoms with E-state index in [2.05, 4.69) is 26.3 Å². The lowest BCUT2D eigenvalue weighted by molar-refractivity contribution is -0.116. The molecule has 2 aromatic heterocycles. The van der Waals surface area contributed by atoms with Crippen molar-refractivity contribution in [3.05, 3.63) is 48.3 Å². The molecule has 0 aliphatic heterocycles. The maximum absolute atomic E-state index is 11.8. The fourth-order valence-corrected chi connectivity index (χ4v) is 2.68. The van der Waals surface area contributed by atoms with Crippen LogP contribution in [0.1, 0.15) is 12.1 Å². The molecule has 0 spiro atoms. The summed E-state index contributed by atoms with van der Waals surface area (Å²) in [6.45, 7) is 1.64. The highest BCUT2D eigenvalue weighted by Crippen LogP contribution is 2.25. The van der Waals surface area contributed by atoms with E-state index in [9.17, 15) is 4.79 Å². The van der Waals surface area contributed by atoms with Crippen LogP contribution in [0.2, 0.25) is 0 Å². The topological polar surface area (TPSA) is 61.0 Å². The molecule has 24 heavy (non-hydrogen) atoms. The number of rotatable bonds is 6. The summed E-state index contributed by atoms with van der Waals surface area (Å²) in [5, 5.41) is 5.17. The molecule has 124 valence electrons. The first-order valence-corrected chi connectivity index (χ1v) is 8.10. The lowest BCUT2D eigenvalue weighted by Gasteiger charge is -2.08. The smallest absolute Gasteiger partial charge is 0.244 e. The monoisotopic (exact) mass is 322 g/mol. The van der Waals surface area contributed by atoms with E-state index in [1.54, 1.807) is 12.2 Å². The zero-order valence-electron chi connectivity index (χ0n) is 14.0. The highest BCUT2D eigenvalue weighted by molar-refractivity contribution is 6.07. The fraction of sp³-hybridized carbons (Fsp3) is 0.263. The van der Waals surface area contributed by atoms with E-state index >= 15 is 0 Å². The van der Waals surface area contributed by atoms with E-state index in [0.29, 0.717) is 6.54 Å². The van der Waals surface area contributed by atoms with Crippen molar-refractivity contribution < 1.29 is 4.79 Å². The van der Waals surface area contributed by atoms with Crippen molar-refractivity contribution in [2.45, 2.75) is 6.42 Å². The number of nitrogens with one attached hydrogen (secondary N) is 2. The largest absolute Gasteiger partial charge is 0.353 e. The fourth-order valence-electron chi connectivity index (χ4n) is 2.68. The predicted octanol–water partition coefficient (Wildman–Crippen LogP) is 2.80. The zero-order valence-corrected chi connectivity index (χ0v) is 14.0. The van der Waals surface area contributed by atoms with Crippen molar-refractivity contribution in [3.8, 4) is 0 Å². The van der Waals surface area contributed by atoms with Crippen molar-refractivity contribution in [1.82, 2.24) is 20.2 Å². The van der Waals surface area contributed by atoms with Crippen LogP contribution in [-0.2, 0) is 4.79 Å². The minimum Gasteiger partial charge on any atom is -0.353 e. The number of benzene rings is 1. The Hall–Kier alpha value is -2.66. The summed E-state index contributed by atoms with van der Waals surface area (Å²) in [6.07, 6.45) is 6.04. The standard InChI is InChI=1S/C19H22N4O/c1-23(2)11-5-10-20-19(24)9-8-14-12-16-15-6-3-4-7-17(15)22-18(16)13-21-14/h3-4,6-9,12-13,22H,5,10-11H2,1-2H3,(H,20,24)/b9-8+. The van der Waals surface area contributed by atoms with Gasteiger partial charge in [0.2, 0.25) is 5.91 Å². The molecule has 2 heterocycles. The number of aromatic nitrogens is 2. The maximum atomic E-state index is 11.8. The molecule has 0 aliphatic rings. The van der Waals surface area contributed by atoms with Gasteiger partial charge in [-0.05, 0) is 45.3 Å². The van der Waals surface area contributed by atoms with Gasteiger partial charge in [-0.2, -0.15) is 0 Å². The summed E-state index contributed by atoms with van der Waals surface area (Å²) >= 11 is 0. The highest BCUT2D eigenvalue weighted by Gasteiger charge is 2.04. The van der Waals surface area contributed by atoms with Crippen LogP contribution in [0.25, 0.3) is 27.9 Å². The number of hydrogen-bond donors (Lipinski definition) is 2. The molecular weight excluding hydrogens is 300 g/mol. The number of para-hydroxylation sites is 1. The maximum Gasteiger partial charge on any atom is 0.244 e. The van der Waals surface area contributed by atoms with Gasteiger partial charge in [0.05, 0.1) is 17.4 Å². The van der Waals surface area contributed by atoms with Gasteiger partial charge in [0, 0.05) is 28.9 Å². The SMILES string of the molecule is CN(C)CCCNC(=O)/C=C/c1cc2c(cn1)[nH]c1ccccc12. The van der Waals surface area contributed by atoms with Crippen LogP contribution < -0.4 is 5.32 Å². The molecule has 0 radical (unpaired) electrons. The summed E-state index contributed by atoms with van der Waals surface area (Å²) in [5.74, 6) is -0.0884. The first-order valence-electron chi connectivity index (χ1n) is 8.10. The van der Waals surface area contributed by atoms with Gasteiger partial charge in [-0.1, -0.05) is 18.2 Å². The molecule has 1 aromatic carbocycles. The lowest BCUT2D eigenvalue weighted by atomic mass is 10.1. The second-order valence-corrected chi connectivity index (χ2v) is 6.11.